The first-order chi connectivity index (χ1) is 5.33. The lowest BCUT2D eigenvalue weighted by Gasteiger charge is -1.97. The van der Waals surface area contributed by atoms with E-state index in [4.69, 9.17) is 9.69 Å². The summed E-state index contributed by atoms with van der Waals surface area (Å²) in [5, 5.41) is 9.15. The zero-order valence-corrected chi connectivity index (χ0v) is 7.29. The molecule has 0 aliphatic rings. The third-order valence-corrected chi connectivity index (χ3v) is 2.19. The lowest BCUT2D eigenvalue weighted by atomic mass is 10.3. The zero-order valence-electron chi connectivity index (χ0n) is 6.40. The summed E-state index contributed by atoms with van der Waals surface area (Å²) in [5.41, 5.74) is 0. The fourth-order valence-electron chi connectivity index (χ4n) is 0.668. The number of benzene rings is 1. The van der Waals surface area contributed by atoms with Crippen molar-refractivity contribution >= 4 is 7.94 Å². The molecule has 0 heterocycles. The standard InChI is InChI=1S/C8H10NOP/c1-2-11(9)10-8-6-4-3-5-7-8/h3-7H,2H2,1H3. The Balaban J connectivity index is 2.58. The molecule has 0 N–H and O–H groups in total. The van der Waals surface area contributed by atoms with Crippen molar-refractivity contribution < 1.29 is 4.52 Å². The van der Waals surface area contributed by atoms with E-state index in [0.717, 1.165) is 5.75 Å². The van der Waals surface area contributed by atoms with Gasteiger partial charge in [-0.1, -0.05) is 18.2 Å². The highest BCUT2D eigenvalue weighted by Gasteiger charge is 1.99. The van der Waals surface area contributed by atoms with Crippen LogP contribution in [0.25, 0.3) is 5.16 Å². The number of rotatable bonds is 3. The molecule has 0 aromatic heterocycles. The Hall–Kier alpha value is -0.880. The van der Waals surface area contributed by atoms with Crippen LogP contribution in [-0.4, -0.2) is 6.16 Å². The molecule has 11 heavy (non-hydrogen) atoms. The van der Waals surface area contributed by atoms with Gasteiger partial charge in [0.25, 0.3) is 0 Å². The van der Waals surface area contributed by atoms with Crippen LogP contribution in [0.3, 0.4) is 0 Å². The molecule has 0 saturated carbocycles. The van der Waals surface area contributed by atoms with Crippen LogP contribution in [-0.2, 0) is 0 Å². The van der Waals surface area contributed by atoms with E-state index in [9.17, 15) is 0 Å². The summed E-state index contributed by atoms with van der Waals surface area (Å²) >= 11 is 0. The average molecular weight is 167 g/mol. The van der Waals surface area contributed by atoms with Crippen molar-refractivity contribution in [2.45, 2.75) is 6.92 Å². The quantitative estimate of drug-likeness (QED) is 0.636. The van der Waals surface area contributed by atoms with Gasteiger partial charge in [0, 0.05) is 0 Å². The molecule has 0 radical (unpaired) electrons. The van der Waals surface area contributed by atoms with Gasteiger partial charge >= 0.3 is 0 Å². The highest BCUT2D eigenvalue weighted by atomic mass is 31.1. The average Bonchev–Trinajstić information content (AvgIpc) is 2.06. The predicted molar refractivity (Wildman–Crippen MR) is 47.9 cm³/mol. The van der Waals surface area contributed by atoms with Gasteiger partial charge in [-0.05, 0) is 19.1 Å². The van der Waals surface area contributed by atoms with Crippen LogP contribution in [0.5, 0.6) is 5.75 Å². The molecule has 58 valence electrons. The van der Waals surface area contributed by atoms with E-state index in [0.29, 0.717) is 6.16 Å². The maximum absolute atomic E-state index is 9.15. The Labute approximate surface area is 67.6 Å². The molecule has 1 aromatic rings. The van der Waals surface area contributed by atoms with Crippen molar-refractivity contribution in [1.29, 1.82) is 0 Å². The summed E-state index contributed by atoms with van der Waals surface area (Å²) in [6, 6.07) is 9.35. The third kappa shape index (κ3) is 2.69. The molecule has 0 saturated heterocycles. The highest BCUT2D eigenvalue weighted by Crippen LogP contribution is 2.26. The lowest BCUT2D eigenvalue weighted by Crippen LogP contribution is -1.80. The maximum atomic E-state index is 9.15. The van der Waals surface area contributed by atoms with Crippen molar-refractivity contribution in [3.05, 3.63) is 35.5 Å². The highest BCUT2D eigenvalue weighted by molar-refractivity contribution is 7.43. The monoisotopic (exact) mass is 167 g/mol. The minimum atomic E-state index is -1.25. The van der Waals surface area contributed by atoms with Gasteiger partial charge in [-0.15, -0.1) is 0 Å². The minimum Gasteiger partial charge on any atom is -0.548 e. The largest absolute Gasteiger partial charge is 0.548 e. The Morgan fingerprint density at radius 3 is 2.55 bits per heavy atom. The van der Waals surface area contributed by atoms with E-state index in [1.165, 1.54) is 0 Å². The summed E-state index contributed by atoms with van der Waals surface area (Å²) < 4.78 is 5.18. The van der Waals surface area contributed by atoms with Crippen LogP contribution >= 0.6 is 7.94 Å². The molecule has 0 fully saturated rings. The Morgan fingerprint density at radius 1 is 1.36 bits per heavy atom. The number of nitrogens with zero attached hydrogens (tertiary/aromatic N) is 1. The first-order valence-corrected chi connectivity index (χ1v) is 4.92. The number of para-hydroxylation sites is 1. The van der Waals surface area contributed by atoms with E-state index >= 15 is 0 Å². The van der Waals surface area contributed by atoms with Crippen molar-refractivity contribution in [3.8, 4) is 5.75 Å². The van der Waals surface area contributed by atoms with Crippen LogP contribution < -0.4 is 4.52 Å². The molecule has 2 nitrogen and oxygen atoms in total. The van der Waals surface area contributed by atoms with Gasteiger partial charge in [-0.3, -0.25) is 0 Å². The second-order valence-electron chi connectivity index (χ2n) is 2.07. The molecule has 1 rings (SSSR count). The first-order valence-electron chi connectivity index (χ1n) is 3.52. The molecule has 0 spiro atoms. The smallest absolute Gasteiger partial charge is 0.211 e. The Bertz CT molecular complexity index is 235. The van der Waals surface area contributed by atoms with Crippen molar-refractivity contribution in [3.63, 3.8) is 0 Å². The maximum Gasteiger partial charge on any atom is 0.211 e. The van der Waals surface area contributed by atoms with Gasteiger partial charge < -0.3 is 9.69 Å². The van der Waals surface area contributed by atoms with Crippen molar-refractivity contribution in [1.82, 2.24) is 0 Å². The Kier molecular flexibility index (Phi) is 3.06. The van der Waals surface area contributed by atoms with Crippen molar-refractivity contribution in [2.75, 3.05) is 6.16 Å². The van der Waals surface area contributed by atoms with Gasteiger partial charge in [0.05, 0.1) is 0 Å². The summed E-state index contributed by atoms with van der Waals surface area (Å²) in [5.74, 6) is 0.739. The molecular formula is C8H10NOP. The number of hydrogen-bond acceptors (Lipinski definition) is 1. The van der Waals surface area contributed by atoms with E-state index in [-0.39, 0.29) is 0 Å². The second-order valence-corrected chi connectivity index (χ2v) is 3.59. The minimum absolute atomic E-state index is 0.671. The number of hydrogen-bond donors (Lipinski definition) is 0. The summed E-state index contributed by atoms with van der Waals surface area (Å²) in [4.78, 5) is 0. The molecule has 1 unspecified atom stereocenters. The lowest BCUT2D eigenvalue weighted by molar-refractivity contribution is 0.627. The van der Waals surface area contributed by atoms with Crippen LogP contribution in [0.1, 0.15) is 6.92 Å². The molecular weight excluding hydrogens is 157 g/mol. The second kappa shape index (κ2) is 4.09. The van der Waals surface area contributed by atoms with E-state index < -0.39 is 7.94 Å². The van der Waals surface area contributed by atoms with Crippen LogP contribution in [0.2, 0.25) is 0 Å². The molecule has 0 amide bonds. The molecule has 1 aromatic carbocycles. The van der Waals surface area contributed by atoms with Crippen LogP contribution in [0.15, 0.2) is 30.3 Å². The normalized spacial score (nSPS) is 10.8. The molecule has 0 bridgehead atoms. The van der Waals surface area contributed by atoms with Gasteiger partial charge in [0.15, 0.2) is 5.75 Å². The fourth-order valence-corrected chi connectivity index (χ4v) is 1.16. The van der Waals surface area contributed by atoms with Gasteiger partial charge in [0.2, 0.25) is 7.94 Å². The molecule has 1 atom stereocenters. The van der Waals surface area contributed by atoms with Crippen LogP contribution in [0, 0.1) is 0 Å². The predicted octanol–water partition coefficient (Wildman–Crippen LogP) is 3.24. The molecule has 3 heteroatoms. The SMILES string of the molecule is CC[P+](=[N-])Oc1ccccc1. The van der Waals surface area contributed by atoms with E-state index in [1.54, 1.807) is 0 Å². The van der Waals surface area contributed by atoms with Crippen molar-refractivity contribution in [2.24, 2.45) is 0 Å². The Morgan fingerprint density at radius 2 is 2.00 bits per heavy atom. The summed E-state index contributed by atoms with van der Waals surface area (Å²) in [6.45, 7) is 1.90. The fraction of sp³-hybridized carbons (Fsp3) is 0.250. The van der Waals surface area contributed by atoms with Gasteiger partial charge in [-0.2, -0.15) is 0 Å². The van der Waals surface area contributed by atoms with Crippen LogP contribution in [0.4, 0.5) is 0 Å². The van der Waals surface area contributed by atoms with Gasteiger partial charge in [0.1, 0.15) is 6.16 Å². The molecule has 0 aliphatic heterocycles. The van der Waals surface area contributed by atoms with E-state index in [1.807, 2.05) is 37.3 Å². The molecule has 0 aliphatic carbocycles. The topological polar surface area (TPSA) is 31.5 Å². The first kappa shape index (κ1) is 8.22. The summed E-state index contributed by atoms with van der Waals surface area (Å²) in [7, 11) is -1.25. The zero-order chi connectivity index (χ0) is 8.10. The van der Waals surface area contributed by atoms with E-state index in [2.05, 4.69) is 0 Å². The third-order valence-electron chi connectivity index (χ3n) is 1.22. The summed E-state index contributed by atoms with van der Waals surface area (Å²) in [6.07, 6.45) is 0.671. The van der Waals surface area contributed by atoms with Gasteiger partial charge in [-0.25, -0.2) is 0 Å².